The summed E-state index contributed by atoms with van der Waals surface area (Å²) in [5.41, 5.74) is 22.2. The lowest BCUT2D eigenvalue weighted by Gasteiger charge is -2.22. The molecule has 0 saturated carbocycles. The van der Waals surface area contributed by atoms with E-state index < -0.39 is 0 Å². The number of benzene rings is 1. The zero-order valence-corrected chi connectivity index (χ0v) is 13.2. The molecule has 1 aromatic carbocycles. The summed E-state index contributed by atoms with van der Waals surface area (Å²) in [6, 6.07) is 7.73. The van der Waals surface area contributed by atoms with Gasteiger partial charge in [-0.25, -0.2) is 0 Å². The number of nitrogen functional groups attached to an aromatic ring is 1. The highest BCUT2D eigenvalue weighted by atomic mass is 16.1. The van der Waals surface area contributed by atoms with Gasteiger partial charge in [0.05, 0.1) is 5.69 Å². The molecule has 1 aliphatic carbocycles. The molecular formula is C17H23N5O. The van der Waals surface area contributed by atoms with Crippen molar-refractivity contribution in [3.8, 4) is 11.3 Å². The van der Waals surface area contributed by atoms with Crippen molar-refractivity contribution in [1.29, 1.82) is 0 Å². The molecular weight excluding hydrogens is 290 g/mol. The maximum atomic E-state index is 11.1. The highest BCUT2D eigenvalue weighted by Crippen LogP contribution is 2.38. The van der Waals surface area contributed by atoms with E-state index in [-0.39, 0.29) is 5.91 Å². The van der Waals surface area contributed by atoms with Crippen LogP contribution in [0.5, 0.6) is 0 Å². The molecule has 122 valence electrons. The summed E-state index contributed by atoms with van der Waals surface area (Å²) in [4.78, 5) is 11.1. The number of aryl methyl sites for hydroxylation is 1. The first-order chi connectivity index (χ1) is 11.1. The number of rotatable bonds is 5. The van der Waals surface area contributed by atoms with Gasteiger partial charge in [0, 0.05) is 41.4 Å². The summed E-state index contributed by atoms with van der Waals surface area (Å²) < 4.78 is 1.94. The first-order valence-corrected chi connectivity index (χ1v) is 8.04. The van der Waals surface area contributed by atoms with E-state index in [1.165, 1.54) is 11.3 Å². The van der Waals surface area contributed by atoms with Gasteiger partial charge in [-0.2, -0.15) is 5.10 Å². The van der Waals surface area contributed by atoms with Gasteiger partial charge in [0.1, 0.15) is 0 Å². The molecule has 0 saturated heterocycles. The Kier molecular flexibility index (Phi) is 4.34. The van der Waals surface area contributed by atoms with Crippen molar-refractivity contribution in [2.24, 2.45) is 11.5 Å². The second kappa shape index (κ2) is 6.42. The van der Waals surface area contributed by atoms with Crippen molar-refractivity contribution < 1.29 is 4.79 Å². The van der Waals surface area contributed by atoms with Crippen molar-refractivity contribution >= 4 is 11.6 Å². The van der Waals surface area contributed by atoms with Gasteiger partial charge in [-0.1, -0.05) is 12.1 Å². The quantitative estimate of drug-likeness (QED) is 0.724. The fourth-order valence-corrected chi connectivity index (χ4v) is 3.35. The van der Waals surface area contributed by atoms with E-state index in [0.29, 0.717) is 25.4 Å². The van der Waals surface area contributed by atoms with Crippen molar-refractivity contribution in [3.05, 3.63) is 35.5 Å². The van der Waals surface area contributed by atoms with Crippen LogP contribution in [-0.4, -0.2) is 22.2 Å². The maximum absolute atomic E-state index is 11.1. The highest BCUT2D eigenvalue weighted by molar-refractivity contribution is 5.73. The molecule has 2 aromatic rings. The van der Waals surface area contributed by atoms with Crippen LogP contribution in [-0.2, 0) is 17.8 Å². The molecule has 1 amide bonds. The first-order valence-electron chi connectivity index (χ1n) is 8.04. The summed E-state index contributed by atoms with van der Waals surface area (Å²) in [6.07, 6.45) is 3.43. The molecule has 23 heavy (non-hydrogen) atoms. The topological polar surface area (TPSA) is 113 Å². The standard InChI is InChI=1S/C17H23N5O/c18-10-12-2-1-3-14-16(12)17(11-4-6-13(19)7-5-11)21-22(14)9-8-15(20)23/h4-7,12H,1-3,8-10,18-19H2,(H2,20,23). The SMILES string of the molecule is NCC1CCCc2c1c(-c1ccc(N)cc1)nn2CCC(N)=O. The number of carbonyl (C=O) groups excluding carboxylic acids is 1. The van der Waals surface area contributed by atoms with Crippen molar-refractivity contribution in [2.75, 3.05) is 12.3 Å². The van der Waals surface area contributed by atoms with Gasteiger partial charge in [0.15, 0.2) is 0 Å². The number of amides is 1. The van der Waals surface area contributed by atoms with Gasteiger partial charge in [0.2, 0.25) is 5.91 Å². The Morgan fingerprint density at radius 1 is 1.30 bits per heavy atom. The minimum Gasteiger partial charge on any atom is -0.399 e. The molecule has 6 heteroatoms. The molecule has 0 aliphatic heterocycles. The first kappa shape index (κ1) is 15.6. The Bertz CT molecular complexity index is 705. The van der Waals surface area contributed by atoms with Crippen LogP contribution >= 0.6 is 0 Å². The Labute approximate surface area is 135 Å². The molecule has 1 heterocycles. The average molecular weight is 313 g/mol. The minimum absolute atomic E-state index is 0.294. The largest absolute Gasteiger partial charge is 0.399 e. The minimum atomic E-state index is -0.311. The third-order valence-corrected chi connectivity index (χ3v) is 4.51. The van der Waals surface area contributed by atoms with Gasteiger partial charge in [-0.3, -0.25) is 9.48 Å². The molecule has 1 aliphatic rings. The zero-order chi connectivity index (χ0) is 16.4. The Morgan fingerprint density at radius 2 is 2.04 bits per heavy atom. The Morgan fingerprint density at radius 3 is 2.70 bits per heavy atom. The molecule has 3 rings (SSSR count). The fraction of sp³-hybridized carbons (Fsp3) is 0.412. The van der Waals surface area contributed by atoms with E-state index in [1.807, 2.05) is 28.9 Å². The fourth-order valence-electron chi connectivity index (χ4n) is 3.35. The van der Waals surface area contributed by atoms with Crippen LogP contribution < -0.4 is 17.2 Å². The van der Waals surface area contributed by atoms with Crippen LogP contribution in [0.15, 0.2) is 24.3 Å². The molecule has 6 N–H and O–H groups in total. The highest BCUT2D eigenvalue weighted by Gasteiger charge is 2.28. The monoisotopic (exact) mass is 313 g/mol. The van der Waals surface area contributed by atoms with Crippen LogP contribution in [0.2, 0.25) is 0 Å². The second-order valence-corrected chi connectivity index (χ2v) is 6.10. The number of anilines is 1. The second-order valence-electron chi connectivity index (χ2n) is 6.10. The normalized spacial score (nSPS) is 17.0. The van der Waals surface area contributed by atoms with Crippen molar-refractivity contribution in [3.63, 3.8) is 0 Å². The molecule has 0 fully saturated rings. The van der Waals surface area contributed by atoms with Gasteiger partial charge in [-0.05, 0) is 37.9 Å². The molecule has 0 bridgehead atoms. The number of primary amides is 1. The number of aromatic nitrogens is 2. The van der Waals surface area contributed by atoms with E-state index in [9.17, 15) is 4.79 Å². The number of hydrogen-bond donors (Lipinski definition) is 3. The van der Waals surface area contributed by atoms with Crippen molar-refractivity contribution in [2.45, 2.75) is 38.1 Å². The number of nitrogens with two attached hydrogens (primary N) is 3. The Balaban J connectivity index is 2.07. The van der Waals surface area contributed by atoms with E-state index >= 15 is 0 Å². The molecule has 1 atom stereocenters. The molecule has 0 radical (unpaired) electrons. The van der Waals surface area contributed by atoms with Crippen molar-refractivity contribution in [1.82, 2.24) is 9.78 Å². The summed E-state index contributed by atoms with van der Waals surface area (Å²) in [5.74, 6) is 0.00287. The van der Waals surface area contributed by atoms with Gasteiger partial charge in [0.25, 0.3) is 0 Å². The summed E-state index contributed by atoms with van der Waals surface area (Å²) in [5, 5.41) is 4.77. The number of carbonyl (C=O) groups is 1. The van der Waals surface area contributed by atoms with E-state index in [1.54, 1.807) is 0 Å². The third-order valence-electron chi connectivity index (χ3n) is 4.51. The number of hydrogen-bond acceptors (Lipinski definition) is 4. The lowest BCUT2D eigenvalue weighted by Crippen LogP contribution is -2.20. The number of nitrogens with zero attached hydrogens (tertiary/aromatic N) is 2. The van der Waals surface area contributed by atoms with Gasteiger partial charge in [-0.15, -0.1) is 0 Å². The van der Waals surface area contributed by atoms with E-state index in [2.05, 4.69) is 0 Å². The predicted octanol–water partition coefficient (Wildman–Crippen LogP) is 1.39. The van der Waals surface area contributed by atoms with Crippen LogP contribution in [0, 0.1) is 0 Å². The molecule has 1 unspecified atom stereocenters. The van der Waals surface area contributed by atoms with Gasteiger partial charge < -0.3 is 17.2 Å². The predicted molar refractivity (Wildman–Crippen MR) is 90.6 cm³/mol. The molecule has 1 aromatic heterocycles. The molecule has 6 nitrogen and oxygen atoms in total. The smallest absolute Gasteiger partial charge is 0.219 e. The van der Waals surface area contributed by atoms with E-state index in [4.69, 9.17) is 22.3 Å². The van der Waals surface area contributed by atoms with E-state index in [0.717, 1.165) is 36.2 Å². The van der Waals surface area contributed by atoms with Crippen LogP contribution in [0.4, 0.5) is 5.69 Å². The third kappa shape index (κ3) is 3.07. The molecule has 0 spiro atoms. The average Bonchev–Trinajstić information content (AvgIpc) is 2.92. The lowest BCUT2D eigenvalue weighted by atomic mass is 9.84. The number of fused-ring (bicyclic) bond motifs is 1. The van der Waals surface area contributed by atoms with Gasteiger partial charge >= 0.3 is 0 Å². The van der Waals surface area contributed by atoms with Crippen LogP contribution in [0.25, 0.3) is 11.3 Å². The maximum Gasteiger partial charge on any atom is 0.219 e. The summed E-state index contributed by atoms with van der Waals surface area (Å²) in [7, 11) is 0. The van der Waals surface area contributed by atoms with Crippen LogP contribution in [0.1, 0.15) is 36.4 Å². The summed E-state index contributed by atoms with van der Waals surface area (Å²) in [6.45, 7) is 1.13. The Hall–Kier alpha value is -2.34. The summed E-state index contributed by atoms with van der Waals surface area (Å²) >= 11 is 0. The van der Waals surface area contributed by atoms with Crippen LogP contribution in [0.3, 0.4) is 0 Å². The zero-order valence-electron chi connectivity index (χ0n) is 13.2. The lowest BCUT2D eigenvalue weighted by molar-refractivity contribution is -0.118.